The first kappa shape index (κ1) is 14.7. The second-order valence-electron chi connectivity index (χ2n) is 3.36. The highest BCUT2D eigenvalue weighted by molar-refractivity contribution is 6.18. The van der Waals surface area contributed by atoms with Gasteiger partial charge in [0.25, 0.3) is 5.91 Å². The Bertz CT molecular complexity index is 465. The van der Waals surface area contributed by atoms with Gasteiger partial charge in [0.05, 0.1) is 0 Å². The first-order valence-corrected chi connectivity index (χ1v) is 5.19. The summed E-state index contributed by atoms with van der Waals surface area (Å²) in [4.78, 5) is 12.3. The van der Waals surface area contributed by atoms with Crippen molar-refractivity contribution in [3.8, 4) is 0 Å². The summed E-state index contributed by atoms with van der Waals surface area (Å²) in [5.74, 6) is -12.3. The van der Waals surface area contributed by atoms with Crippen LogP contribution < -0.4 is 0 Å². The Morgan fingerprint density at radius 1 is 1.00 bits per heavy atom. The van der Waals surface area contributed by atoms with E-state index in [-0.39, 0.29) is 12.4 Å². The predicted octanol–water partition coefficient (Wildman–Crippen LogP) is 2.69. The number of nitrogens with zero attached hydrogens (tertiary/aromatic N) is 1. The van der Waals surface area contributed by atoms with E-state index in [9.17, 15) is 26.7 Å². The van der Waals surface area contributed by atoms with Gasteiger partial charge in [-0.25, -0.2) is 22.0 Å². The van der Waals surface area contributed by atoms with E-state index in [4.69, 9.17) is 11.6 Å². The lowest BCUT2D eigenvalue weighted by Crippen LogP contribution is -2.31. The molecule has 100 valence electrons. The lowest BCUT2D eigenvalue weighted by Gasteiger charge is -2.16. The molecule has 2 nitrogen and oxygen atoms in total. The third-order valence-electron chi connectivity index (χ3n) is 2.19. The molecule has 0 heterocycles. The molecule has 0 aromatic heterocycles. The van der Waals surface area contributed by atoms with Gasteiger partial charge in [0.2, 0.25) is 5.82 Å². The van der Waals surface area contributed by atoms with E-state index in [1.165, 1.54) is 0 Å². The summed E-state index contributed by atoms with van der Waals surface area (Å²) >= 11 is 5.31. The molecule has 1 rings (SSSR count). The quantitative estimate of drug-likeness (QED) is 0.362. The standard InChI is InChI=1S/C10H7ClF5NO/c1-17(3-2-11)10(18)4-5(12)7(14)9(16)8(15)6(4)13/h2-3H2,1H3. The van der Waals surface area contributed by atoms with E-state index in [0.29, 0.717) is 0 Å². The summed E-state index contributed by atoms with van der Waals surface area (Å²) < 4.78 is 64.9. The molecule has 0 saturated heterocycles. The van der Waals surface area contributed by atoms with Gasteiger partial charge in [-0.1, -0.05) is 0 Å². The van der Waals surface area contributed by atoms with Crippen LogP contribution in [-0.4, -0.2) is 30.3 Å². The van der Waals surface area contributed by atoms with Crippen molar-refractivity contribution in [2.75, 3.05) is 19.5 Å². The summed E-state index contributed by atoms with van der Waals surface area (Å²) in [7, 11) is 1.13. The largest absolute Gasteiger partial charge is 0.340 e. The summed E-state index contributed by atoms with van der Waals surface area (Å²) in [6.07, 6.45) is 0. The molecule has 0 saturated carbocycles. The Morgan fingerprint density at radius 3 is 1.78 bits per heavy atom. The molecule has 0 aliphatic carbocycles. The maximum absolute atomic E-state index is 13.3. The molecule has 1 aromatic rings. The Hall–Kier alpha value is -1.37. The van der Waals surface area contributed by atoms with E-state index in [1.807, 2.05) is 0 Å². The SMILES string of the molecule is CN(CCCl)C(=O)c1c(F)c(F)c(F)c(F)c1F. The van der Waals surface area contributed by atoms with E-state index in [0.717, 1.165) is 11.9 Å². The van der Waals surface area contributed by atoms with Crippen LogP contribution in [0.25, 0.3) is 0 Å². The number of halogens is 6. The van der Waals surface area contributed by atoms with Crippen molar-refractivity contribution in [3.63, 3.8) is 0 Å². The first-order valence-electron chi connectivity index (χ1n) is 4.65. The van der Waals surface area contributed by atoms with Crippen LogP contribution in [0.3, 0.4) is 0 Å². The topological polar surface area (TPSA) is 20.3 Å². The average Bonchev–Trinajstić information content (AvgIpc) is 2.34. The molecule has 18 heavy (non-hydrogen) atoms. The zero-order valence-electron chi connectivity index (χ0n) is 9.04. The zero-order chi connectivity index (χ0) is 14.0. The highest BCUT2D eigenvalue weighted by Crippen LogP contribution is 2.23. The van der Waals surface area contributed by atoms with Crippen molar-refractivity contribution in [3.05, 3.63) is 34.6 Å². The van der Waals surface area contributed by atoms with Crippen molar-refractivity contribution >= 4 is 17.5 Å². The Balaban J connectivity index is 3.37. The summed E-state index contributed by atoms with van der Waals surface area (Å²) in [5, 5.41) is 0. The number of alkyl halides is 1. The minimum atomic E-state index is -2.30. The molecule has 0 N–H and O–H groups in total. The predicted molar refractivity (Wildman–Crippen MR) is 53.9 cm³/mol. The van der Waals surface area contributed by atoms with Gasteiger partial charge in [0.15, 0.2) is 23.3 Å². The number of amides is 1. The molecule has 0 unspecified atom stereocenters. The minimum Gasteiger partial charge on any atom is -0.340 e. The molecule has 0 aliphatic rings. The molecule has 0 aliphatic heterocycles. The molecular formula is C10H7ClF5NO. The van der Waals surface area contributed by atoms with Gasteiger partial charge in [-0.3, -0.25) is 4.79 Å². The van der Waals surface area contributed by atoms with Crippen molar-refractivity contribution in [1.29, 1.82) is 0 Å². The van der Waals surface area contributed by atoms with Gasteiger partial charge in [-0.05, 0) is 0 Å². The van der Waals surface area contributed by atoms with Crippen LogP contribution in [0.4, 0.5) is 22.0 Å². The molecule has 0 spiro atoms. The maximum Gasteiger partial charge on any atom is 0.259 e. The van der Waals surface area contributed by atoms with Crippen molar-refractivity contribution in [2.45, 2.75) is 0 Å². The monoisotopic (exact) mass is 287 g/mol. The number of hydrogen-bond donors (Lipinski definition) is 0. The van der Waals surface area contributed by atoms with Crippen LogP contribution in [-0.2, 0) is 0 Å². The van der Waals surface area contributed by atoms with E-state index < -0.39 is 40.6 Å². The molecule has 0 radical (unpaired) electrons. The van der Waals surface area contributed by atoms with Crippen LogP contribution in [0, 0.1) is 29.1 Å². The highest BCUT2D eigenvalue weighted by Gasteiger charge is 2.30. The fourth-order valence-electron chi connectivity index (χ4n) is 1.21. The third kappa shape index (κ3) is 2.40. The fraction of sp³-hybridized carbons (Fsp3) is 0.300. The van der Waals surface area contributed by atoms with Gasteiger partial charge in [0.1, 0.15) is 5.56 Å². The number of hydrogen-bond acceptors (Lipinski definition) is 1. The molecule has 0 bridgehead atoms. The van der Waals surface area contributed by atoms with Crippen molar-refractivity contribution in [1.82, 2.24) is 4.90 Å². The van der Waals surface area contributed by atoms with Crippen LogP contribution in [0.5, 0.6) is 0 Å². The van der Waals surface area contributed by atoms with Crippen LogP contribution in [0.2, 0.25) is 0 Å². The zero-order valence-corrected chi connectivity index (χ0v) is 9.79. The maximum atomic E-state index is 13.3. The number of rotatable bonds is 3. The molecule has 1 amide bonds. The fourth-order valence-corrected chi connectivity index (χ4v) is 1.47. The second kappa shape index (κ2) is 5.51. The van der Waals surface area contributed by atoms with Crippen LogP contribution >= 0.6 is 11.6 Å². The minimum absolute atomic E-state index is 0.0440. The van der Waals surface area contributed by atoms with E-state index >= 15 is 0 Å². The van der Waals surface area contributed by atoms with Gasteiger partial charge in [0, 0.05) is 19.5 Å². The van der Waals surface area contributed by atoms with Gasteiger partial charge < -0.3 is 4.90 Å². The smallest absolute Gasteiger partial charge is 0.259 e. The lowest BCUT2D eigenvalue weighted by atomic mass is 10.1. The molecule has 0 fully saturated rings. The summed E-state index contributed by atoms with van der Waals surface area (Å²) in [6, 6.07) is 0. The first-order chi connectivity index (χ1) is 8.32. The molecule has 8 heteroatoms. The molecular weight excluding hydrogens is 281 g/mol. The van der Waals surface area contributed by atoms with Gasteiger partial charge >= 0.3 is 0 Å². The highest BCUT2D eigenvalue weighted by atomic mass is 35.5. The third-order valence-corrected chi connectivity index (χ3v) is 2.36. The molecule has 1 aromatic carbocycles. The lowest BCUT2D eigenvalue weighted by molar-refractivity contribution is 0.0790. The van der Waals surface area contributed by atoms with Crippen molar-refractivity contribution in [2.24, 2.45) is 0 Å². The van der Waals surface area contributed by atoms with Crippen LogP contribution in [0.1, 0.15) is 10.4 Å². The number of benzene rings is 1. The summed E-state index contributed by atoms with van der Waals surface area (Å²) in [5.41, 5.74) is -1.49. The summed E-state index contributed by atoms with van der Waals surface area (Å²) in [6.45, 7) is -0.0973. The van der Waals surface area contributed by atoms with Crippen LogP contribution in [0.15, 0.2) is 0 Å². The van der Waals surface area contributed by atoms with E-state index in [1.54, 1.807) is 0 Å². The van der Waals surface area contributed by atoms with Gasteiger partial charge in [-0.2, -0.15) is 0 Å². The number of carbonyl (C=O) groups is 1. The number of carbonyl (C=O) groups excluding carboxylic acids is 1. The Labute approximate surface area is 104 Å². The van der Waals surface area contributed by atoms with Gasteiger partial charge in [-0.15, -0.1) is 11.6 Å². The normalized spacial score (nSPS) is 10.6. The average molecular weight is 288 g/mol. The van der Waals surface area contributed by atoms with E-state index in [2.05, 4.69) is 0 Å². The molecule has 0 atom stereocenters. The second-order valence-corrected chi connectivity index (χ2v) is 3.74. The Morgan fingerprint density at radius 2 is 1.39 bits per heavy atom. The van der Waals surface area contributed by atoms with Crippen molar-refractivity contribution < 1.29 is 26.7 Å². The Kier molecular flexibility index (Phi) is 4.50.